The van der Waals surface area contributed by atoms with Crippen LogP contribution in [-0.4, -0.2) is 9.13 Å². The van der Waals surface area contributed by atoms with E-state index in [1.807, 2.05) is 48.5 Å². The number of alkyl halides is 3. The van der Waals surface area contributed by atoms with Crippen molar-refractivity contribution >= 4 is 112 Å². The molecule has 0 fully saturated rings. The molecular weight excluding hydrogens is 862 g/mol. The smallest absolute Gasteiger partial charge is 0.309 e. The maximum Gasteiger partial charge on any atom is 0.415 e. The molecule has 0 unspecified atom stereocenters. The fraction of sp³-hybridized carbons (Fsp3) is 0.0175. The molecule has 0 saturated heterocycles. The monoisotopic (exact) mass is 890 g/mol. The summed E-state index contributed by atoms with van der Waals surface area (Å²) in [5, 5.41) is 19.7. The van der Waals surface area contributed by atoms with Gasteiger partial charge in [0.15, 0.2) is 5.69 Å². The molecule has 66 heavy (non-hydrogen) atoms. The van der Waals surface area contributed by atoms with Gasteiger partial charge in [-0.1, -0.05) is 109 Å². The molecule has 0 N–H and O–H groups in total. The van der Waals surface area contributed by atoms with E-state index in [2.05, 4.69) is 129 Å². The molecule has 13 rings (SSSR count). The molecule has 4 nitrogen and oxygen atoms in total. The number of nitrogens with zero attached hydrogens (tertiary/aromatic N) is 4. The van der Waals surface area contributed by atoms with Crippen molar-refractivity contribution in [2.24, 2.45) is 0 Å². The van der Waals surface area contributed by atoms with Gasteiger partial charge >= 0.3 is 6.18 Å². The van der Waals surface area contributed by atoms with E-state index < -0.39 is 11.7 Å². The minimum absolute atomic E-state index is 0.0951. The van der Waals surface area contributed by atoms with Crippen LogP contribution >= 0.6 is 22.7 Å². The van der Waals surface area contributed by atoms with Crippen molar-refractivity contribution < 1.29 is 13.2 Å². The first-order chi connectivity index (χ1) is 32.3. The number of halogens is 3. The zero-order chi connectivity index (χ0) is 44.4. The third-order valence-electron chi connectivity index (χ3n) is 13.0. The van der Waals surface area contributed by atoms with E-state index in [1.54, 1.807) is 22.7 Å². The summed E-state index contributed by atoms with van der Waals surface area (Å²) in [4.78, 5) is 3.62. The Morgan fingerprint density at radius 1 is 0.485 bits per heavy atom. The predicted octanol–water partition coefficient (Wildman–Crippen LogP) is 17.4. The van der Waals surface area contributed by atoms with E-state index in [1.165, 1.54) is 46.4 Å². The minimum Gasteiger partial charge on any atom is -0.309 e. The molecule has 0 bridgehead atoms. The molecule has 0 aliphatic rings. The van der Waals surface area contributed by atoms with Crippen LogP contribution in [0.1, 0.15) is 11.1 Å². The van der Waals surface area contributed by atoms with Crippen LogP contribution in [0, 0.1) is 17.9 Å². The number of rotatable bonds is 4. The topological polar surface area (TPSA) is 38.0 Å². The lowest BCUT2D eigenvalue weighted by Gasteiger charge is -2.20. The van der Waals surface area contributed by atoms with E-state index in [0.717, 1.165) is 78.2 Å². The number of hydrogen-bond donors (Lipinski definition) is 0. The van der Waals surface area contributed by atoms with Crippen molar-refractivity contribution in [2.75, 3.05) is 0 Å². The summed E-state index contributed by atoms with van der Waals surface area (Å²) in [7, 11) is 0. The fourth-order valence-electron chi connectivity index (χ4n) is 10.2. The Kier molecular flexibility index (Phi) is 8.20. The molecule has 0 radical (unpaired) electrons. The average Bonchev–Trinajstić information content (AvgIpc) is 4.11. The zero-order valence-electron chi connectivity index (χ0n) is 34.5. The Labute approximate surface area is 382 Å². The summed E-state index contributed by atoms with van der Waals surface area (Å²) >= 11 is 3.55. The Balaban J connectivity index is 1.16. The van der Waals surface area contributed by atoms with Crippen molar-refractivity contribution in [3.63, 3.8) is 0 Å². The Morgan fingerprint density at radius 3 is 1.61 bits per heavy atom. The van der Waals surface area contributed by atoms with Gasteiger partial charge in [0, 0.05) is 78.6 Å². The van der Waals surface area contributed by atoms with Gasteiger partial charge in [0.25, 0.3) is 0 Å². The third-order valence-corrected chi connectivity index (χ3v) is 15.4. The average molecular weight is 891 g/mol. The van der Waals surface area contributed by atoms with E-state index in [4.69, 9.17) is 6.57 Å². The van der Waals surface area contributed by atoms with Gasteiger partial charge in [0.1, 0.15) is 0 Å². The van der Waals surface area contributed by atoms with E-state index >= 15 is 0 Å². The van der Waals surface area contributed by atoms with Crippen LogP contribution in [0.25, 0.3) is 122 Å². The summed E-state index contributed by atoms with van der Waals surface area (Å²) in [5.74, 6) is 0. The first-order valence-corrected chi connectivity index (χ1v) is 22.9. The number of aromatic nitrogens is 2. The molecule has 4 heterocycles. The van der Waals surface area contributed by atoms with Gasteiger partial charge in [-0.3, -0.25) is 0 Å². The zero-order valence-corrected chi connectivity index (χ0v) is 36.1. The molecule has 0 atom stereocenters. The SMILES string of the molecule is [C-]#[N+]c1cc(C(F)(F)F)ccc1-c1ccc(-n2c3ccccc3c3c4sc5ccccc5c4ccc32)c(-c2ccc(C#N)cc2-n2c3ccccc3c3c4sc5ccccc5c4ccc32)c1. The first kappa shape index (κ1) is 38.3. The van der Waals surface area contributed by atoms with Gasteiger partial charge in [-0.25, -0.2) is 4.85 Å². The largest absolute Gasteiger partial charge is 0.415 e. The van der Waals surface area contributed by atoms with Crippen LogP contribution in [0.15, 0.2) is 176 Å². The summed E-state index contributed by atoms with van der Waals surface area (Å²) < 4.78 is 51.4. The molecule has 0 aliphatic carbocycles. The second-order valence-electron chi connectivity index (χ2n) is 16.5. The van der Waals surface area contributed by atoms with Crippen LogP contribution in [0.5, 0.6) is 0 Å². The number of fused-ring (bicyclic) bond motifs is 14. The molecule has 0 aliphatic heterocycles. The molecular formula is C57H29F3N4S2. The number of benzene rings is 9. The lowest BCUT2D eigenvalue weighted by atomic mass is 9.93. The molecule has 0 spiro atoms. The standard InChI is InChI=1S/C57H29F3N4S2/c1-62-44-30-34(57(58,59)60)20-22-35(44)33-19-25-47(63-45-14-6-2-12-41(45)53-48(63)26-23-39-37-10-4-8-16-51(37)65-55(39)53)43(29-33)36-21-18-32(31-61)28-50(36)64-46-15-7-3-13-42(46)54-49(64)27-24-40-38-11-5-9-17-52(38)66-56(40)54/h2-30H. The van der Waals surface area contributed by atoms with Crippen molar-refractivity contribution in [1.82, 2.24) is 9.13 Å². The maximum absolute atomic E-state index is 14.0. The quantitative estimate of drug-likeness (QED) is 0.162. The van der Waals surface area contributed by atoms with E-state index in [9.17, 15) is 18.4 Å². The summed E-state index contributed by atoms with van der Waals surface area (Å²) in [5.41, 5.74) is 7.59. The summed E-state index contributed by atoms with van der Waals surface area (Å²) in [6.45, 7) is 8.04. The van der Waals surface area contributed by atoms with Crippen molar-refractivity contribution in [3.05, 3.63) is 198 Å². The number of hydrogen-bond acceptors (Lipinski definition) is 3. The molecule has 13 aromatic rings. The highest BCUT2D eigenvalue weighted by Crippen LogP contribution is 2.49. The molecule has 9 heteroatoms. The normalized spacial score (nSPS) is 12.1. The van der Waals surface area contributed by atoms with E-state index in [-0.39, 0.29) is 5.69 Å². The lowest BCUT2D eigenvalue weighted by Crippen LogP contribution is -2.04. The van der Waals surface area contributed by atoms with Crippen molar-refractivity contribution in [1.29, 1.82) is 5.26 Å². The van der Waals surface area contributed by atoms with Crippen LogP contribution in [0.2, 0.25) is 0 Å². The summed E-state index contributed by atoms with van der Waals surface area (Å²) in [6.07, 6.45) is -4.61. The molecule has 0 saturated carbocycles. The predicted molar refractivity (Wildman–Crippen MR) is 268 cm³/mol. The van der Waals surface area contributed by atoms with Crippen LogP contribution in [-0.2, 0) is 6.18 Å². The van der Waals surface area contributed by atoms with Gasteiger partial charge in [-0.05, 0) is 77.9 Å². The molecule has 0 amide bonds. The molecule has 4 aromatic heterocycles. The third kappa shape index (κ3) is 5.48. The van der Waals surface area contributed by atoms with Gasteiger partial charge in [0.05, 0.1) is 51.6 Å². The highest BCUT2D eigenvalue weighted by Gasteiger charge is 2.31. The van der Waals surface area contributed by atoms with Crippen molar-refractivity contribution in [3.8, 4) is 39.7 Å². The Bertz CT molecular complexity index is 4320. The highest BCUT2D eigenvalue weighted by molar-refractivity contribution is 7.27. The molecule has 9 aromatic carbocycles. The second kappa shape index (κ2) is 14.1. The van der Waals surface area contributed by atoms with Crippen LogP contribution in [0.3, 0.4) is 0 Å². The summed E-state index contributed by atoms with van der Waals surface area (Å²) in [6, 6.07) is 59.8. The van der Waals surface area contributed by atoms with Crippen molar-refractivity contribution in [2.45, 2.75) is 6.18 Å². The number of nitriles is 1. The van der Waals surface area contributed by atoms with Gasteiger partial charge < -0.3 is 9.13 Å². The van der Waals surface area contributed by atoms with Gasteiger partial charge in [-0.2, -0.15) is 18.4 Å². The number of thiophene rings is 2. The Hall–Kier alpha value is -8.21. The highest BCUT2D eigenvalue weighted by atomic mass is 32.1. The second-order valence-corrected chi connectivity index (χ2v) is 18.6. The lowest BCUT2D eigenvalue weighted by molar-refractivity contribution is -0.137. The van der Waals surface area contributed by atoms with Crippen LogP contribution in [0.4, 0.5) is 18.9 Å². The van der Waals surface area contributed by atoms with Gasteiger partial charge in [-0.15, -0.1) is 22.7 Å². The van der Waals surface area contributed by atoms with Gasteiger partial charge in [0.2, 0.25) is 0 Å². The van der Waals surface area contributed by atoms with E-state index in [0.29, 0.717) is 16.7 Å². The Morgan fingerprint density at radius 2 is 1.03 bits per heavy atom. The minimum atomic E-state index is -4.61. The molecule has 310 valence electrons. The maximum atomic E-state index is 14.0. The number of para-hydroxylation sites is 2. The first-order valence-electron chi connectivity index (χ1n) is 21.2. The fourth-order valence-corrected chi connectivity index (χ4v) is 12.7. The van der Waals surface area contributed by atoms with Crippen LogP contribution < -0.4 is 0 Å².